The fraction of sp³-hybridized carbons (Fsp3) is 0.714. The summed E-state index contributed by atoms with van der Waals surface area (Å²) in [4.78, 5) is 21.0. The van der Waals surface area contributed by atoms with E-state index in [1.165, 1.54) is 18.7 Å². The Morgan fingerprint density at radius 3 is 2.36 bits per heavy atom. The van der Waals surface area contributed by atoms with Gasteiger partial charge in [0, 0.05) is 12.2 Å². The first kappa shape index (κ1) is 10.5. The Morgan fingerprint density at radius 2 is 2.09 bits per heavy atom. The van der Waals surface area contributed by atoms with Gasteiger partial charge >= 0.3 is 5.97 Å². The van der Waals surface area contributed by atoms with E-state index in [4.69, 9.17) is 5.11 Å². The molecule has 1 N–H and O–H groups in total. The van der Waals surface area contributed by atoms with Crippen LogP contribution in [0.2, 0.25) is 0 Å². The number of ketones is 1. The van der Waals surface area contributed by atoms with Crippen LogP contribution < -0.4 is 0 Å². The molecule has 0 aromatic heterocycles. The molecule has 0 saturated carbocycles. The van der Waals surface area contributed by atoms with Gasteiger partial charge in [0.05, 0.1) is 5.92 Å². The molecule has 1 unspecified atom stereocenters. The number of carboxylic acids is 1. The second kappa shape index (κ2) is 5.18. The average molecular weight is 176 g/mol. The molecular weight excluding hydrogens is 164 g/mol. The van der Waals surface area contributed by atoms with Crippen LogP contribution in [0.5, 0.6) is 0 Å². The molecule has 1 atom stereocenters. The molecule has 0 amide bonds. The van der Waals surface area contributed by atoms with E-state index < -0.39 is 11.9 Å². The highest BCUT2D eigenvalue weighted by atomic mass is 32.2. The average Bonchev–Trinajstić information content (AvgIpc) is 1.86. The number of hydrogen-bond acceptors (Lipinski definition) is 3. The summed E-state index contributed by atoms with van der Waals surface area (Å²) in [5, 5.41) is 8.59. The van der Waals surface area contributed by atoms with Crippen molar-refractivity contribution in [3.63, 3.8) is 0 Å². The second-order valence-corrected chi connectivity index (χ2v) is 3.31. The van der Waals surface area contributed by atoms with Crippen LogP contribution >= 0.6 is 11.8 Å². The zero-order valence-electron chi connectivity index (χ0n) is 6.66. The maximum absolute atomic E-state index is 10.6. The molecule has 0 fully saturated rings. The first-order valence-electron chi connectivity index (χ1n) is 3.29. The minimum absolute atomic E-state index is 0.0635. The number of carboxylic acid groups (broad SMARTS) is 1. The molecule has 0 bridgehead atoms. The first-order chi connectivity index (χ1) is 5.07. The van der Waals surface area contributed by atoms with Crippen LogP contribution in [0.15, 0.2) is 0 Å². The molecule has 0 aliphatic heterocycles. The van der Waals surface area contributed by atoms with Crippen molar-refractivity contribution in [2.75, 3.05) is 12.0 Å². The Morgan fingerprint density at radius 1 is 1.55 bits per heavy atom. The molecule has 64 valence electrons. The fourth-order valence-corrected chi connectivity index (χ4v) is 1.43. The molecule has 0 aliphatic carbocycles. The van der Waals surface area contributed by atoms with Gasteiger partial charge in [0.25, 0.3) is 0 Å². The number of Topliss-reactive ketones (excluding diaryl/α,β-unsaturated/α-hetero) is 1. The lowest BCUT2D eigenvalue weighted by Gasteiger charge is -2.06. The van der Waals surface area contributed by atoms with Crippen molar-refractivity contribution in [1.29, 1.82) is 0 Å². The van der Waals surface area contributed by atoms with Crippen molar-refractivity contribution in [3.05, 3.63) is 0 Å². The summed E-state index contributed by atoms with van der Waals surface area (Å²) in [6.07, 6.45) is 1.98. The van der Waals surface area contributed by atoms with E-state index in [-0.39, 0.29) is 12.2 Å². The zero-order chi connectivity index (χ0) is 8.85. The van der Waals surface area contributed by atoms with Crippen molar-refractivity contribution in [2.24, 2.45) is 5.92 Å². The minimum atomic E-state index is -0.880. The summed E-state index contributed by atoms with van der Waals surface area (Å²) in [6, 6.07) is 0. The SMILES string of the molecule is CSCC(CC(C)=O)C(=O)O. The van der Waals surface area contributed by atoms with E-state index in [1.807, 2.05) is 6.26 Å². The fourth-order valence-electron chi connectivity index (χ4n) is 0.766. The second-order valence-electron chi connectivity index (χ2n) is 2.40. The van der Waals surface area contributed by atoms with Crippen LogP contribution in [0.25, 0.3) is 0 Å². The molecule has 11 heavy (non-hydrogen) atoms. The molecule has 4 heteroatoms. The van der Waals surface area contributed by atoms with Crippen LogP contribution in [-0.4, -0.2) is 28.9 Å². The van der Waals surface area contributed by atoms with Gasteiger partial charge in [-0.1, -0.05) is 0 Å². The van der Waals surface area contributed by atoms with Gasteiger partial charge in [0.15, 0.2) is 0 Å². The van der Waals surface area contributed by atoms with Gasteiger partial charge < -0.3 is 9.90 Å². The minimum Gasteiger partial charge on any atom is -0.481 e. The van der Waals surface area contributed by atoms with Gasteiger partial charge in [0.1, 0.15) is 5.78 Å². The third-order valence-electron chi connectivity index (χ3n) is 1.25. The Hall–Kier alpha value is -0.510. The summed E-state index contributed by atoms with van der Waals surface area (Å²) in [7, 11) is 0. The highest BCUT2D eigenvalue weighted by Crippen LogP contribution is 2.10. The third kappa shape index (κ3) is 4.84. The molecule has 0 radical (unpaired) electrons. The van der Waals surface area contributed by atoms with Crippen molar-refractivity contribution in [3.8, 4) is 0 Å². The van der Waals surface area contributed by atoms with Gasteiger partial charge in [-0.25, -0.2) is 0 Å². The molecule has 0 saturated heterocycles. The Labute approximate surface area is 70.2 Å². The Balaban J connectivity index is 3.89. The van der Waals surface area contributed by atoms with E-state index >= 15 is 0 Å². The van der Waals surface area contributed by atoms with Gasteiger partial charge in [0.2, 0.25) is 0 Å². The van der Waals surface area contributed by atoms with Crippen LogP contribution in [0.4, 0.5) is 0 Å². The first-order valence-corrected chi connectivity index (χ1v) is 4.68. The number of thioether (sulfide) groups is 1. The lowest BCUT2D eigenvalue weighted by Crippen LogP contribution is -2.18. The van der Waals surface area contributed by atoms with E-state index in [0.29, 0.717) is 5.75 Å². The third-order valence-corrected chi connectivity index (χ3v) is 1.99. The monoisotopic (exact) mass is 176 g/mol. The molecule has 0 aromatic rings. The van der Waals surface area contributed by atoms with Crippen molar-refractivity contribution < 1.29 is 14.7 Å². The zero-order valence-corrected chi connectivity index (χ0v) is 7.48. The van der Waals surface area contributed by atoms with Crippen LogP contribution in [0.1, 0.15) is 13.3 Å². The molecule has 0 aromatic carbocycles. The van der Waals surface area contributed by atoms with Crippen molar-refractivity contribution in [1.82, 2.24) is 0 Å². The largest absolute Gasteiger partial charge is 0.481 e. The molecule has 0 aliphatic rings. The number of rotatable bonds is 5. The standard InChI is InChI=1S/C7H12O3S/c1-5(8)3-6(4-11-2)7(9)10/h6H,3-4H2,1-2H3,(H,9,10). The van der Waals surface area contributed by atoms with Gasteiger partial charge in [-0.05, 0) is 13.2 Å². The molecule has 3 nitrogen and oxygen atoms in total. The van der Waals surface area contributed by atoms with Crippen molar-refractivity contribution >= 4 is 23.5 Å². The van der Waals surface area contributed by atoms with Gasteiger partial charge in [-0.2, -0.15) is 11.8 Å². The van der Waals surface area contributed by atoms with Gasteiger partial charge in [-0.3, -0.25) is 4.79 Å². The Kier molecular flexibility index (Phi) is 4.94. The molecule has 0 heterocycles. The predicted octanol–water partition coefficient (Wildman–Crippen LogP) is 1.03. The number of carbonyl (C=O) groups is 2. The quantitative estimate of drug-likeness (QED) is 0.679. The summed E-state index contributed by atoms with van der Waals surface area (Å²) < 4.78 is 0. The number of hydrogen-bond donors (Lipinski definition) is 1. The molecule has 0 spiro atoms. The Bertz CT molecular complexity index is 156. The lowest BCUT2D eigenvalue weighted by molar-refractivity contribution is -0.142. The number of aliphatic carboxylic acids is 1. The highest BCUT2D eigenvalue weighted by molar-refractivity contribution is 7.98. The summed E-state index contributed by atoms with van der Waals surface area (Å²) in [6.45, 7) is 1.41. The van der Waals surface area contributed by atoms with E-state index in [1.54, 1.807) is 0 Å². The predicted molar refractivity (Wildman–Crippen MR) is 44.8 cm³/mol. The summed E-state index contributed by atoms with van der Waals surface area (Å²) in [5.74, 6) is -0.946. The maximum atomic E-state index is 10.6. The van der Waals surface area contributed by atoms with Crippen LogP contribution in [0, 0.1) is 5.92 Å². The van der Waals surface area contributed by atoms with Gasteiger partial charge in [-0.15, -0.1) is 0 Å². The summed E-state index contributed by atoms with van der Waals surface area (Å²) in [5.41, 5.74) is 0. The van der Waals surface area contributed by atoms with Crippen molar-refractivity contribution in [2.45, 2.75) is 13.3 Å². The van der Waals surface area contributed by atoms with E-state index in [2.05, 4.69) is 0 Å². The summed E-state index contributed by atoms with van der Waals surface area (Å²) >= 11 is 1.45. The molecular formula is C7H12O3S. The molecule has 0 rings (SSSR count). The topological polar surface area (TPSA) is 54.4 Å². The van der Waals surface area contributed by atoms with Crippen LogP contribution in [-0.2, 0) is 9.59 Å². The maximum Gasteiger partial charge on any atom is 0.307 e. The van der Waals surface area contributed by atoms with Crippen LogP contribution in [0.3, 0.4) is 0 Å². The number of carbonyl (C=O) groups excluding carboxylic acids is 1. The lowest BCUT2D eigenvalue weighted by atomic mass is 10.1. The van der Waals surface area contributed by atoms with E-state index in [9.17, 15) is 9.59 Å². The highest BCUT2D eigenvalue weighted by Gasteiger charge is 2.17. The normalized spacial score (nSPS) is 12.5. The smallest absolute Gasteiger partial charge is 0.307 e. The van der Waals surface area contributed by atoms with E-state index in [0.717, 1.165) is 0 Å².